The molecule has 4 heteroatoms. The Kier molecular flexibility index (Phi) is 3.77. The van der Waals surface area contributed by atoms with E-state index in [0.29, 0.717) is 11.4 Å². The van der Waals surface area contributed by atoms with Crippen molar-refractivity contribution in [3.8, 4) is 0 Å². The van der Waals surface area contributed by atoms with E-state index < -0.39 is 10.8 Å². The first-order valence-electron chi connectivity index (χ1n) is 5.55. The fourth-order valence-corrected chi connectivity index (χ4v) is 2.80. The SMILES string of the molecule is Cc1cc(S(=O)Cc2ccc(F)cc2)ccc1N. The van der Waals surface area contributed by atoms with E-state index in [1.807, 2.05) is 13.0 Å². The Balaban J connectivity index is 2.16. The van der Waals surface area contributed by atoms with Gasteiger partial charge in [0.1, 0.15) is 5.82 Å². The molecule has 0 fully saturated rings. The highest BCUT2D eigenvalue weighted by molar-refractivity contribution is 7.84. The summed E-state index contributed by atoms with van der Waals surface area (Å²) in [6.45, 7) is 1.88. The van der Waals surface area contributed by atoms with Crippen LogP contribution in [-0.2, 0) is 16.6 Å². The smallest absolute Gasteiger partial charge is 0.123 e. The fraction of sp³-hybridized carbons (Fsp3) is 0.143. The summed E-state index contributed by atoms with van der Waals surface area (Å²) in [7, 11) is -1.14. The van der Waals surface area contributed by atoms with E-state index in [1.165, 1.54) is 12.1 Å². The number of hydrogen-bond acceptors (Lipinski definition) is 2. The van der Waals surface area contributed by atoms with Crippen LogP contribution in [0.2, 0.25) is 0 Å². The molecule has 2 rings (SSSR count). The minimum Gasteiger partial charge on any atom is -0.399 e. The lowest BCUT2D eigenvalue weighted by atomic mass is 10.2. The molecule has 1 atom stereocenters. The Morgan fingerprint density at radius 2 is 1.83 bits per heavy atom. The van der Waals surface area contributed by atoms with Gasteiger partial charge < -0.3 is 5.73 Å². The Morgan fingerprint density at radius 1 is 1.17 bits per heavy atom. The van der Waals surface area contributed by atoms with E-state index in [-0.39, 0.29) is 5.82 Å². The summed E-state index contributed by atoms with van der Waals surface area (Å²) in [4.78, 5) is 0.742. The lowest BCUT2D eigenvalue weighted by Gasteiger charge is -2.05. The van der Waals surface area contributed by atoms with Crippen LogP contribution >= 0.6 is 0 Å². The van der Waals surface area contributed by atoms with E-state index in [1.54, 1.807) is 24.3 Å². The van der Waals surface area contributed by atoms with Gasteiger partial charge in [0.15, 0.2) is 0 Å². The summed E-state index contributed by atoms with van der Waals surface area (Å²) < 4.78 is 24.9. The van der Waals surface area contributed by atoms with Crippen LogP contribution in [-0.4, -0.2) is 4.21 Å². The van der Waals surface area contributed by atoms with Gasteiger partial charge in [0.2, 0.25) is 0 Å². The molecule has 0 heterocycles. The molecule has 18 heavy (non-hydrogen) atoms. The second-order valence-corrected chi connectivity index (χ2v) is 5.59. The first-order valence-corrected chi connectivity index (χ1v) is 6.87. The van der Waals surface area contributed by atoms with Crippen molar-refractivity contribution in [3.63, 3.8) is 0 Å². The summed E-state index contributed by atoms with van der Waals surface area (Å²) in [6, 6.07) is 11.4. The highest BCUT2D eigenvalue weighted by Crippen LogP contribution is 2.18. The number of rotatable bonds is 3. The lowest BCUT2D eigenvalue weighted by molar-refractivity contribution is 0.627. The van der Waals surface area contributed by atoms with Gasteiger partial charge in [0, 0.05) is 10.6 Å². The molecule has 2 aromatic rings. The normalized spacial score (nSPS) is 12.3. The van der Waals surface area contributed by atoms with Crippen molar-refractivity contribution >= 4 is 16.5 Å². The van der Waals surface area contributed by atoms with Gasteiger partial charge in [-0.2, -0.15) is 0 Å². The maximum Gasteiger partial charge on any atom is 0.123 e. The number of halogens is 1. The quantitative estimate of drug-likeness (QED) is 0.865. The van der Waals surface area contributed by atoms with E-state index in [9.17, 15) is 8.60 Å². The maximum atomic E-state index is 12.8. The first kappa shape index (κ1) is 12.8. The summed E-state index contributed by atoms with van der Waals surface area (Å²) in [5.41, 5.74) is 8.18. The molecule has 0 radical (unpaired) electrons. The van der Waals surface area contributed by atoms with Crippen LogP contribution in [0.25, 0.3) is 0 Å². The first-order chi connectivity index (χ1) is 8.56. The third kappa shape index (κ3) is 2.96. The van der Waals surface area contributed by atoms with Gasteiger partial charge in [-0.1, -0.05) is 12.1 Å². The monoisotopic (exact) mass is 263 g/mol. The lowest BCUT2D eigenvalue weighted by Crippen LogP contribution is -1.98. The van der Waals surface area contributed by atoms with Crippen molar-refractivity contribution in [2.75, 3.05) is 5.73 Å². The largest absolute Gasteiger partial charge is 0.399 e. The zero-order valence-electron chi connectivity index (χ0n) is 10.0. The number of benzene rings is 2. The van der Waals surface area contributed by atoms with Gasteiger partial charge in [-0.3, -0.25) is 4.21 Å². The van der Waals surface area contributed by atoms with Gasteiger partial charge in [-0.25, -0.2) is 4.39 Å². The van der Waals surface area contributed by atoms with Crippen LogP contribution in [0.3, 0.4) is 0 Å². The molecule has 0 aliphatic heterocycles. The molecule has 94 valence electrons. The summed E-state index contributed by atoms with van der Waals surface area (Å²) in [5.74, 6) is 0.0942. The van der Waals surface area contributed by atoms with E-state index in [0.717, 1.165) is 16.0 Å². The Labute approximate surface area is 108 Å². The topological polar surface area (TPSA) is 43.1 Å². The Morgan fingerprint density at radius 3 is 2.44 bits per heavy atom. The highest BCUT2D eigenvalue weighted by atomic mass is 32.2. The second-order valence-electron chi connectivity index (χ2n) is 4.13. The molecule has 0 spiro atoms. The van der Waals surface area contributed by atoms with Gasteiger partial charge in [0.25, 0.3) is 0 Å². The van der Waals surface area contributed by atoms with Crippen LogP contribution in [0.15, 0.2) is 47.4 Å². The minimum absolute atomic E-state index is 0.284. The molecule has 2 N–H and O–H groups in total. The molecule has 0 saturated carbocycles. The average Bonchev–Trinajstić information content (AvgIpc) is 2.35. The number of aryl methyl sites for hydroxylation is 1. The molecule has 0 saturated heterocycles. The molecule has 1 unspecified atom stereocenters. The van der Waals surface area contributed by atoms with Gasteiger partial charge in [-0.15, -0.1) is 0 Å². The predicted molar refractivity (Wildman–Crippen MR) is 72.1 cm³/mol. The third-order valence-electron chi connectivity index (χ3n) is 2.72. The molecule has 2 nitrogen and oxygen atoms in total. The fourth-order valence-electron chi connectivity index (χ4n) is 1.61. The number of nitrogens with two attached hydrogens (primary N) is 1. The van der Waals surface area contributed by atoms with Crippen LogP contribution < -0.4 is 5.73 Å². The summed E-state index contributed by atoms with van der Waals surface area (Å²) in [5, 5.41) is 0. The molecular formula is C14H14FNOS. The van der Waals surface area contributed by atoms with Crippen molar-refractivity contribution in [2.45, 2.75) is 17.6 Å². The summed E-state index contributed by atoms with van der Waals surface area (Å²) >= 11 is 0. The molecule has 0 bridgehead atoms. The van der Waals surface area contributed by atoms with Crippen molar-refractivity contribution in [1.82, 2.24) is 0 Å². The molecule has 0 aliphatic carbocycles. The van der Waals surface area contributed by atoms with Crippen molar-refractivity contribution in [1.29, 1.82) is 0 Å². The van der Waals surface area contributed by atoms with Gasteiger partial charge in [-0.05, 0) is 48.4 Å². The Hall–Kier alpha value is -1.68. The number of nitrogen functional groups attached to an aromatic ring is 1. The van der Waals surface area contributed by atoms with Gasteiger partial charge in [0.05, 0.1) is 16.6 Å². The van der Waals surface area contributed by atoms with Crippen LogP contribution in [0.5, 0.6) is 0 Å². The molecule has 0 amide bonds. The zero-order chi connectivity index (χ0) is 13.1. The summed E-state index contributed by atoms with van der Waals surface area (Å²) in [6.07, 6.45) is 0. The third-order valence-corrected chi connectivity index (χ3v) is 4.09. The zero-order valence-corrected chi connectivity index (χ0v) is 10.8. The molecular weight excluding hydrogens is 249 g/mol. The second kappa shape index (κ2) is 5.31. The minimum atomic E-state index is -1.14. The molecule has 2 aromatic carbocycles. The van der Waals surface area contributed by atoms with Crippen molar-refractivity contribution in [3.05, 3.63) is 59.4 Å². The number of hydrogen-bond donors (Lipinski definition) is 1. The van der Waals surface area contributed by atoms with E-state index >= 15 is 0 Å². The average molecular weight is 263 g/mol. The van der Waals surface area contributed by atoms with Crippen LogP contribution in [0.4, 0.5) is 10.1 Å². The van der Waals surface area contributed by atoms with E-state index in [2.05, 4.69) is 0 Å². The van der Waals surface area contributed by atoms with Gasteiger partial charge >= 0.3 is 0 Å². The van der Waals surface area contributed by atoms with Crippen LogP contribution in [0, 0.1) is 12.7 Å². The molecule has 0 aromatic heterocycles. The van der Waals surface area contributed by atoms with Crippen LogP contribution in [0.1, 0.15) is 11.1 Å². The van der Waals surface area contributed by atoms with E-state index in [4.69, 9.17) is 5.73 Å². The highest BCUT2D eigenvalue weighted by Gasteiger charge is 2.06. The maximum absolute atomic E-state index is 12.8. The molecule has 0 aliphatic rings. The number of anilines is 1. The standard InChI is InChI=1S/C14H14FNOS/c1-10-8-13(6-7-14(10)16)18(17)9-11-2-4-12(15)5-3-11/h2-8H,9,16H2,1H3. The predicted octanol–water partition coefficient (Wildman–Crippen LogP) is 3.02. The van der Waals surface area contributed by atoms with Crippen molar-refractivity contribution in [2.24, 2.45) is 0 Å². The van der Waals surface area contributed by atoms with Crippen molar-refractivity contribution < 1.29 is 8.60 Å². The Bertz CT molecular complexity index is 581.